The number of aliphatic hydroxyl groups is 5. The Hall–Kier alpha value is -3.54. The molecule has 3 aliphatic carbocycles. The molecule has 0 bridgehead atoms. The van der Waals surface area contributed by atoms with Gasteiger partial charge in [0, 0.05) is 5.56 Å². The van der Waals surface area contributed by atoms with E-state index in [-0.39, 0.29) is 34.2 Å². The van der Waals surface area contributed by atoms with E-state index in [4.69, 9.17) is 9.47 Å². The van der Waals surface area contributed by atoms with Crippen LogP contribution in [0, 0.1) is 23.7 Å². The van der Waals surface area contributed by atoms with E-state index >= 15 is 0 Å². The molecule has 10 heteroatoms. The first-order valence-corrected chi connectivity index (χ1v) is 15.2. The summed E-state index contributed by atoms with van der Waals surface area (Å²) in [7, 11) is 0. The minimum atomic E-state index is -1.70. The third kappa shape index (κ3) is 5.68. The number of Topliss-reactive ketones (excluding diaryl/α,β-unsaturated/α-hetero) is 2. The molecular formula is C34H38O10. The zero-order valence-corrected chi connectivity index (χ0v) is 24.2. The smallest absolute Gasteiger partial charge is 0.229 e. The second-order valence-electron chi connectivity index (χ2n) is 12.4. The lowest BCUT2D eigenvalue weighted by molar-refractivity contribution is -0.277. The van der Waals surface area contributed by atoms with Crippen LogP contribution in [0.5, 0.6) is 11.5 Å². The van der Waals surface area contributed by atoms with E-state index in [9.17, 15) is 40.2 Å². The van der Waals surface area contributed by atoms with Crippen LogP contribution < -0.4 is 4.74 Å². The first-order chi connectivity index (χ1) is 21.2. The van der Waals surface area contributed by atoms with Crippen LogP contribution in [0.1, 0.15) is 58.4 Å². The number of benzene rings is 2. The standard InChI is InChI=1S/C34H38O10/c35-16-26-30(39)32(41)33(42)34(44-26)43-25-7-3-6-22-28(25)31(40)27-23(29(22)38)14-18(15-24(27)37)13-20-5-2-1-4-19(20)12-17-8-10-21(36)11-9-17/h3,6-11,14-15,19-20,23,26-27,30,32-37,39,41-42H,1-2,4-5,12-13,16H2/t19-,20+,23-,26+,27+,30+,32-,33+,34-/m0/s1. The van der Waals surface area contributed by atoms with Crippen molar-refractivity contribution >= 4 is 11.6 Å². The summed E-state index contributed by atoms with van der Waals surface area (Å²) in [6, 6.07) is 11.7. The summed E-state index contributed by atoms with van der Waals surface area (Å²) in [6.07, 6.45) is 1.60. The number of aliphatic hydroxyl groups excluding tert-OH is 5. The number of hydrogen-bond acceptors (Lipinski definition) is 10. The van der Waals surface area contributed by atoms with Crippen molar-refractivity contribution < 1.29 is 49.7 Å². The molecule has 2 aromatic carbocycles. The average Bonchev–Trinajstić information content (AvgIpc) is 3.02. The second-order valence-corrected chi connectivity index (χ2v) is 12.4. The number of phenols is 1. The Kier molecular flexibility index (Phi) is 8.63. The predicted molar refractivity (Wildman–Crippen MR) is 157 cm³/mol. The first kappa shape index (κ1) is 30.5. The Labute approximate surface area is 254 Å². The molecule has 0 spiro atoms. The van der Waals surface area contributed by atoms with Crippen molar-refractivity contribution in [2.24, 2.45) is 23.7 Å². The van der Waals surface area contributed by atoms with Gasteiger partial charge >= 0.3 is 0 Å². The predicted octanol–water partition coefficient (Wildman–Crippen LogP) is 3.00. The van der Waals surface area contributed by atoms with Gasteiger partial charge in [0.05, 0.1) is 24.0 Å². The number of phenolic OH excluding ortho intramolecular Hbond substituents is 1. The number of hydrogen-bond donors (Lipinski definition) is 6. The Morgan fingerprint density at radius 1 is 0.841 bits per heavy atom. The number of carbonyl (C=O) groups is 2. The van der Waals surface area contributed by atoms with Gasteiger partial charge in [-0.1, -0.05) is 43.2 Å². The normalized spacial score (nSPS) is 33.6. The van der Waals surface area contributed by atoms with Crippen LogP contribution >= 0.6 is 0 Å². The van der Waals surface area contributed by atoms with Crippen LogP contribution in [0.3, 0.4) is 0 Å². The molecule has 2 fully saturated rings. The minimum Gasteiger partial charge on any atom is -0.511 e. The number of rotatable bonds is 7. The molecule has 1 aliphatic heterocycles. The third-order valence-corrected chi connectivity index (χ3v) is 9.62. The number of fused-ring (bicyclic) bond motifs is 2. The van der Waals surface area contributed by atoms with Gasteiger partial charge in [-0.05, 0) is 72.9 Å². The summed E-state index contributed by atoms with van der Waals surface area (Å²) in [5.74, 6) is -2.15. The molecule has 4 aliphatic rings. The molecule has 0 radical (unpaired) electrons. The van der Waals surface area contributed by atoms with Crippen LogP contribution in [0.4, 0.5) is 0 Å². The highest BCUT2D eigenvalue weighted by Crippen LogP contribution is 2.44. The summed E-state index contributed by atoms with van der Waals surface area (Å²) in [5, 5.41) is 61.0. The number of aromatic hydroxyl groups is 1. The van der Waals surface area contributed by atoms with Gasteiger partial charge in [0.25, 0.3) is 0 Å². The molecule has 2 aromatic rings. The zero-order valence-electron chi connectivity index (χ0n) is 24.2. The van der Waals surface area contributed by atoms with Gasteiger partial charge in [-0.15, -0.1) is 0 Å². The van der Waals surface area contributed by atoms with E-state index in [1.807, 2.05) is 18.2 Å². The van der Waals surface area contributed by atoms with Crippen LogP contribution in [0.2, 0.25) is 0 Å². The fraction of sp³-hybridized carbons (Fsp3) is 0.471. The number of carbonyl (C=O) groups excluding carboxylic acids is 2. The van der Waals surface area contributed by atoms with Crippen LogP contribution in [-0.2, 0) is 11.2 Å². The Morgan fingerprint density at radius 3 is 2.25 bits per heavy atom. The molecule has 9 atom stereocenters. The average molecular weight is 607 g/mol. The summed E-state index contributed by atoms with van der Waals surface area (Å²) in [6.45, 7) is -0.648. The van der Waals surface area contributed by atoms with Crippen molar-refractivity contribution in [3.05, 3.63) is 82.6 Å². The van der Waals surface area contributed by atoms with Gasteiger partial charge < -0.3 is 40.1 Å². The van der Waals surface area contributed by atoms with Gasteiger partial charge in [0.2, 0.25) is 6.29 Å². The molecule has 0 unspecified atom stereocenters. The monoisotopic (exact) mass is 606 g/mol. The first-order valence-electron chi connectivity index (χ1n) is 15.2. The highest BCUT2D eigenvalue weighted by atomic mass is 16.7. The molecule has 10 nitrogen and oxygen atoms in total. The van der Waals surface area contributed by atoms with Crippen LogP contribution in [0.15, 0.2) is 65.9 Å². The quantitative estimate of drug-likeness (QED) is 0.275. The Bertz CT molecular complexity index is 1460. The fourth-order valence-corrected chi connectivity index (χ4v) is 7.26. The molecular weight excluding hydrogens is 568 g/mol. The van der Waals surface area contributed by atoms with E-state index in [0.29, 0.717) is 18.3 Å². The SMILES string of the molecule is O=C1c2c(O[C@H]3O[C@H](CO)[C@@H](O)[C@H](O)[C@H]3O)cccc2C(=O)[C@H]2C=C(C[C@H]3CCCC[C@H]3Cc3ccc(O)cc3)C=C(O)[C@H]12. The van der Waals surface area contributed by atoms with Gasteiger partial charge in [0.15, 0.2) is 11.6 Å². The van der Waals surface area contributed by atoms with Crippen molar-refractivity contribution in [3.8, 4) is 11.5 Å². The maximum absolute atomic E-state index is 13.9. The molecule has 0 amide bonds. The molecule has 234 valence electrons. The van der Waals surface area contributed by atoms with E-state index in [1.54, 1.807) is 18.2 Å². The van der Waals surface area contributed by atoms with Crippen molar-refractivity contribution in [1.82, 2.24) is 0 Å². The highest BCUT2D eigenvalue weighted by Gasteiger charge is 2.48. The molecule has 44 heavy (non-hydrogen) atoms. The van der Waals surface area contributed by atoms with Crippen molar-refractivity contribution in [2.75, 3.05) is 6.61 Å². The van der Waals surface area contributed by atoms with Crippen molar-refractivity contribution in [3.63, 3.8) is 0 Å². The lowest BCUT2D eigenvalue weighted by atomic mass is 9.68. The molecule has 6 rings (SSSR count). The molecule has 6 N–H and O–H groups in total. The zero-order chi connectivity index (χ0) is 31.1. The largest absolute Gasteiger partial charge is 0.511 e. The Morgan fingerprint density at radius 2 is 1.55 bits per heavy atom. The van der Waals surface area contributed by atoms with E-state index in [2.05, 4.69) is 0 Å². The molecule has 1 heterocycles. The summed E-state index contributed by atoms with van der Waals surface area (Å²) >= 11 is 0. The lowest BCUT2D eigenvalue weighted by Gasteiger charge is -2.40. The lowest BCUT2D eigenvalue weighted by Crippen LogP contribution is -2.60. The number of allylic oxidation sites excluding steroid dienone is 4. The van der Waals surface area contributed by atoms with Gasteiger partial charge in [-0.2, -0.15) is 0 Å². The minimum absolute atomic E-state index is 0.0613. The summed E-state index contributed by atoms with van der Waals surface area (Å²) in [5.41, 5.74) is 2.03. The van der Waals surface area contributed by atoms with Crippen LogP contribution in [-0.4, -0.2) is 79.5 Å². The highest BCUT2D eigenvalue weighted by molar-refractivity contribution is 6.19. The van der Waals surface area contributed by atoms with Gasteiger partial charge in [-0.3, -0.25) is 9.59 Å². The second kappa shape index (κ2) is 12.5. The van der Waals surface area contributed by atoms with Gasteiger partial charge in [0.1, 0.15) is 41.7 Å². The maximum Gasteiger partial charge on any atom is 0.229 e. The van der Waals surface area contributed by atoms with Crippen molar-refractivity contribution in [2.45, 2.75) is 69.2 Å². The van der Waals surface area contributed by atoms with Crippen LogP contribution in [0.25, 0.3) is 0 Å². The summed E-state index contributed by atoms with van der Waals surface area (Å²) in [4.78, 5) is 27.7. The topological polar surface area (TPSA) is 174 Å². The number of ether oxygens (including phenoxy) is 2. The van der Waals surface area contributed by atoms with Gasteiger partial charge in [-0.25, -0.2) is 0 Å². The fourth-order valence-electron chi connectivity index (χ4n) is 7.26. The van der Waals surface area contributed by atoms with E-state index in [1.165, 1.54) is 18.2 Å². The molecule has 1 saturated heterocycles. The molecule has 0 aromatic heterocycles. The van der Waals surface area contributed by atoms with E-state index in [0.717, 1.165) is 43.2 Å². The third-order valence-electron chi connectivity index (χ3n) is 9.62. The van der Waals surface area contributed by atoms with E-state index < -0.39 is 54.9 Å². The molecule has 1 saturated carbocycles. The summed E-state index contributed by atoms with van der Waals surface area (Å²) < 4.78 is 11.2. The maximum atomic E-state index is 13.9. The van der Waals surface area contributed by atoms with Crippen molar-refractivity contribution in [1.29, 1.82) is 0 Å². The number of ketones is 2. The Balaban J connectivity index is 1.23.